The lowest BCUT2D eigenvalue weighted by molar-refractivity contribution is 0.0773. The molecule has 5 nitrogen and oxygen atoms in total. The molecule has 2 N–H and O–H groups in total. The number of aliphatic imine (C=N–C) groups is 1. The van der Waals surface area contributed by atoms with Crippen LogP contribution in [-0.4, -0.2) is 47.8 Å². The van der Waals surface area contributed by atoms with Crippen molar-refractivity contribution in [3.8, 4) is 0 Å². The summed E-state index contributed by atoms with van der Waals surface area (Å²) in [5.41, 5.74) is 7.91. The molecule has 0 bridgehead atoms. The zero-order valence-electron chi connectivity index (χ0n) is 15.6. The number of hydrogen-bond donors (Lipinski definition) is 1. The predicted molar refractivity (Wildman–Crippen MR) is 114 cm³/mol. The molecule has 1 aromatic rings. The molecule has 1 heterocycles. The number of nitrogens with zero attached hydrogens (tertiary/aromatic N) is 3. The van der Waals surface area contributed by atoms with Gasteiger partial charge in [-0.1, -0.05) is 19.1 Å². The quantitative estimate of drug-likeness (QED) is 0.418. The number of hydrogen-bond acceptors (Lipinski definition) is 2. The maximum Gasteiger partial charge on any atom is 0.253 e. The van der Waals surface area contributed by atoms with E-state index in [1.165, 1.54) is 12.8 Å². The van der Waals surface area contributed by atoms with E-state index in [0.29, 0.717) is 12.5 Å². The van der Waals surface area contributed by atoms with Crippen LogP contribution in [0, 0.1) is 5.92 Å². The molecule has 0 aliphatic carbocycles. The van der Waals surface area contributed by atoms with Gasteiger partial charge < -0.3 is 15.5 Å². The number of benzene rings is 1. The van der Waals surface area contributed by atoms with Gasteiger partial charge >= 0.3 is 0 Å². The van der Waals surface area contributed by atoms with Crippen LogP contribution in [-0.2, 0) is 6.54 Å². The average Bonchev–Trinajstić information content (AvgIpc) is 2.61. The van der Waals surface area contributed by atoms with Crippen molar-refractivity contribution < 1.29 is 4.79 Å². The first-order chi connectivity index (χ1) is 11.5. The monoisotopic (exact) mass is 458 g/mol. The number of likely N-dealkylation sites (tertiary alicyclic amines) is 1. The second-order valence-electron chi connectivity index (χ2n) is 6.52. The summed E-state index contributed by atoms with van der Waals surface area (Å²) in [6.07, 6.45) is 2.36. The number of guanidine groups is 1. The molecule has 6 heteroatoms. The highest BCUT2D eigenvalue weighted by Crippen LogP contribution is 2.16. The Morgan fingerprint density at radius 3 is 2.28 bits per heavy atom. The van der Waals surface area contributed by atoms with Gasteiger partial charge in [-0.15, -0.1) is 24.0 Å². The number of carbonyl (C=O) groups is 1. The third-order valence-electron chi connectivity index (χ3n) is 4.78. The molecule has 1 aliphatic rings. The Kier molecular flexibility index (Phi) is 9.24. The number of piperidine rings is 1. The van der Waals surface area contributed by atoms with E-state index in [9.17, 15) is 4.79 Å². The van der Waals surface area contributed by atoms with Crippen molar-refractivity contribution in [2.75, 3.05) is 26.2 Å². The van der Waals surface area contributed by atoms with Gasteiger partial charge in [0.1, 0.15) is 0 Å². The van der Waals surface area contributed by atoms with Crippen molar-refractivity contribution >= 4 is 35.8 Å². The zero-order chi connectivity index (χ0) is 17.5. The van der Waals surface area contributed by atoms with Crippen LogP contribution in [0.15, 0.2) is 29.3 Å². The van der Waals surface area contributed by atoms with Gasteiger partial charge in [0.2, 0.25) is 0 Å². The Balaban J connectivity index is 0.00000312. The number of rotatable bonds is 5. The lowest BCUT2D eigenvalue weighted by Crippen LogP contribution is -2.42. The Morgan fingerprint density at radius 1 is 1.20 bits per heavy atom. The minimum Gasteiger partial charge on any atom is -0.370 e. The van der Waals surface area contributed by atoms with E-state index in [0.717, 1.165) is 43.2 Å². The summed E-state index contributed by atoms with van der Waals surface area (Å²) in [6.45, 7) is 10.3. The van der Waals surface area contributed by atoms with Crippen molar-refractivity contribution in [3.05, 3.63) is 35.4 Å². The van der Waals surface area contributed by atoms with E-state index in [1.807, 2.05) is 43.0 Å². The van der Waals surface area contributed by atoms with Gasteiger partial charge in [0.05, 0.1) is 6.54 Å². The lowest BCUT2D eigenvalue weighted by Gasteiger charge is -2.31. The highest BCUT2D eigenvalue weighted by Gasteiger charge is 2.17. The summed E-state index contributed by atoms with van der Waals surface area (Å²) in [4.78, 5) is 20.8. The molecule has 0 spiro atoms. The maximum absolute atomic E-state index is 12.3. The summed E-state index contributed by atoms with van der Waals surface area (Å²) < 4.78 is 0. The summed E-state index contributed by atoms with van der Waals surface area (Å²) in [6, 6.07) is 7.69. The number of amides is 1. The SMILES string of the molecule is CCN(CC)C(=O)c1ccc(CN=C(N)N2CCC(C)CC2)cc1.I. The fourth-order valence-electron chi connectivity index (χ4n) is 2.96. The van der Waals surface area contributed by atoms with Crippen LogP contribution in [0.3, 0.4) is 0 Å². The summed E-state index contributed by atoms with van der Waals surface area (Å²) in [5.74, 6) is 1.49. The van der Waals surface area contributed by atoms with E-state index >= 15 is 0 Å². The van der Waals surface area contributed by atoms with Gasteiger partial charge in [-0.25, -0.2) is 4.99 Å². The van der Waals surface area contributed by atoms with Gasteiger partial charge in [0.25, 0.3) is 5.91 Å². The molecule has 1 aromatic carbocycles. The van der Waals surface area contributed by atoms with E-state index in [1.54, 1.807) is 0 Å². The summed E-state index contributed by atoms with van der Waals surface area (Å²) in [7, 11) is 0. The molecule has 0 unspecified atom stereocenters. The fourth-order valence-corrected chi connectivity index (χ4v) is 2.96. The van der Waals surface area contributed by atoms with E-state index < -0.39 is 0 Å². The van der Waals surface area contributed by atoms with Crippen LogP contribution in [0.4, 0.5) is 0 Å². The lowest BCUT2D eigenvalue weighted by atomic mass is 10.00. The first kappa shape index (κ1) is 21.7. The molecule has 140 valence electrons. The fraction of sp³-hybridized carbons (Fsp3) is 0.579. The molecule has 1 saturated heterocycles. The molecule has 1 fully saturated rings. The molecule has 0 saturated carbocycles. The van der Waals surface area contributed by atoms with Gasteiger partial charge in [-0.3, -0.25) is 4.79 Å². The minimum absolute atomic E-state index is 0. The van der Waals surface area contributed by atoms with Crippen molar-refractivity contribution in [1.82, 2.24) is 9.80 Å². The van der Waals surface area contributed by atoms with Crippen LogP contribution in [0.5, 0.6) is 0 Å². The Labute approximate surface area is 168 Å². The number of nitrogens with two attached hydrogens (primary N) is 1. The summed E-state index contributed by atoms with van der Waals surface area (Å²) in [5, 5.41) is 0. The molecular formula is C19H31IN4O. The molecule has 0 atom stereocenters. The van der Waals surface area contributed by atoms with E-state index in [2.05, 4.69) is 16.8 Å². The minimum atomic E-state index is 0. The molecule has 0 radical (unpaired) electrons. The Bertz CT molecular complexity index is 561. The first-order valence-electron chi connectivity index (χ1n) is 8.98. The largest absolute Gasteiger partial charge is 0.370 e. The summed E-state index contributed by atoms with van der Waals surface area (Å²) >= 11 is 0. The van der Waals surface area contributed by atoms with Crippen LogP contribution in [0.25, 0.3) is 0 Å². The second-order valence-corrected chi connectivity index (χ2v) is 6.52. The standard InChI is InChI=1S/C19H30N4O.HI/c1-4-22(5-2)18(24)17-8-6-16(7-9-17)14-21-19(20)23-12-10-15(3)11-13-23;/h6-9,15H,4-5,10-14H2,1-3H3,(H2,20,21);1H. The van der Waals surface area contributed by atoms with Crippen LogP contribution >= 0.6 is 24.0 Å². The third-order valence-corrected chi connectivity index (χ3v) is 4.78. The normalized spacial score (nSPS) is 15.6. The molecule has 1 amide bonds. The van der Waals surface area contributed by atoms with Gasteiger partial charge in [-0.05, 0) is 50.3 Å². The van der Waals surface area contributed by atoms with E-state index in [4.69, 9.17) is 5.73 Å². The molecule has 25 heavy (non-hydrogen) atoms. The van der Waals surface area contributed by atoms with Crippen LogP contribution in [0.1, 0.15) is 49.5 Å². The topological polar surface area (TPSA) is 61.9 Å². The van der Waals surface area contributed by atoms with Gasteiger partial charge in [-0.2, -0.15) is 0 Å². The molecule has 2 rings (SSSR count). The van der Waals surface area contributed by atoms with Crippen molar-refractivity contribution in [2.45, 2.75) is 40.2 Å². The molecular weight excluding hydrogens is 427 g/mol. The first-order valence-corrected chi connectivity index (χ1v) is 8.98. The Hall–Kier alpha value is -1.31. The van der Waals surface area contributed by atoms with E-state index in [-0.39, 0.29) is 29.9 Å². The molecule has 0 aromatic heterocycles. The van der Waals surface area contributed by atoms with Gasteiger partial charge in [0, 0.05) is 31.7 Å². The predicted octanol–water partition coefficient (Wildman–Crippen LogP) is 3.33. The smallest absolute Gasteiger partial charge is 0.253 e. The zero-order valence-corrected chi connectivity index (χ0v) is 17.9. The number of carbonyl (C=O) groups excluding carboxylic acids is 1. The third kappa shape index (κ3) is 6.17. The maximum atomic E-state index is 12.3. The average molecular weight is 458 g/mol. The van der Waals surface area contributed by atoms with Crippen molar-refractivity contribution in [3.63, 3.8) is 0 Å². The van der Waals surface area contributed by atoms with Crippen LogP contribution < -0.4 is 5.73 Å². The molecule has 1 aliphatic heterocycles. The highest BCUT2D eigenvalue weighted by atomic mass is 127. The van der Waals surface area contributed by atoms with Crippen LogP contribution in [0.2, 0.25) is 0 Å². The van der Waals surface area contributed by atoms with Crippen molar-refractivity contribution in [1.29, 1.82) is 0 Å². The second kappa shape index (κ2) is 10.6. The highest BCUT2D eigenvalue weighted by molar-refractivity contribution is 14.0. The number of halogens is 1. The van der Waals surface area contributed by atoms with Crippen molar-refractivity contribution in [2.24, 2.45) is 16.6 Å². The Morgan fingerprint density at radius 2 is 1.76 bits per heavy atom. The van der Waals surface area contributed by atoms with Gasteiger partial charge in [0.15, 0.2) is 5.96 Å².